The molecule has 2 aliphatic rings. The highest BCUT2D eigenvalue weighted by Crippen LogP contribution is 2.45. The zero-order valence-corrected chi connectivity index (χ0v) is 18.3. The molecule has 2 aliphatic heterocycles. The summed E-state index contributed by atoms with van der Waals surface area (Å²) in [7, 11) is 0. The van der Waals surface area contributed by atoms with E-state index < -0.39 is 30.1 Å². The fraction of sp³-hybridized carbons (Fsp3) is 0.261. The topological polar surface area (TPSA) is 107 Å². The number of carbonyl (C=O) groups is 2. The van der Waals surface area contributed by atoms with E-state index in [1.807, 2.05) is 6.92 Å². The molecule has 35 heavy (non-hydrogen) atoms. The largest absolute Gasteiger partial charge is 0.454 e. The molecule has 3 heterocycles. The minimum atomic E-state index is -4.61. The van der Waals surface area contributed by atoms with Crippen LogP contribution in [0.3, 0.4) is 0 Å². The molecule has 0 aliphatic carbocycles. The molecule has 3 N–H and O–H groups in total. The number of hydrogen-bond acceptors (Lipinski definition) is 6. The number of aromatic nitrogens is 2. The molecule has 0 saturated carbocycles. The third-order valence-electron chi connectivity index (χ3n) is 5.82. The van der Waals surface area contributed by atoms with Crippen LogP contribution in [0.15, 0.2) is 48.5 Å². The number of aryl methyl sites for hydroxylation is 1. The van der Waals surface area contributed by atoms with Gasteiger partial charge in [-0.3, -0.25) is 20.4 Å². The van der Waals surface area contributed by atoms with Gasteiger partial charge in [0, 0.05) is 18.1 Å². The van der Waals surface area contributed by atoms with Crippen LogP contribution >= 0.6 is 0 Å². The SMILES string of the molecule is Cc1ccc(C(=O)NNC(=O)c2cc3n(n2)[C@@H](C(F)(F)F)C[C@@H](c2ccc4c(c2)OCO4)N3)cc1. The predicted molar refractivity (Wildman–Crippen MR) is 117 cm³/mol. The number of nitrogens with zero attached hydrogens (tertiary/aromatic N) is 2. The lowest BCUT2D eigenvalue weighted by Crippen LogP contribution is -2.42. The second kappa shape index (κ2) is 8.53. The Labute approximate surface area is 197 Å². The molecule has 1 aromatic heterocycles. The summed E-state index contributed by atoms with van der Waals surface area (Å²) >= 11 is 0. The van der Waals surface area contributed by atoms with Gasteiger partial charge in [0.1, 0.15) is 5.82 Å². The number of anilines is 1. The molecule has 12 heteroatoms. The van der Waals surface area contributed by atoms with Gasteiger partial charge in [0.15, 0.2) is 23.2 Å². The van der Waals surface area contributed by atoms with Gasteiger partial charge in [-0.2, -0.15) is 18.3 Å². The molecule has 2 aromatic carbocycles. The van der Waals surface area contributed by atoms with Crippen molar-refractivity contribution in [2.24, 2.45) is 0 Å². The van der Waals surface area contributed by atoms with Crippen LogP contribution in [0.25, 0.3) is 0 Å². The lowest BCUT2D eigenvalue weighted by atomic mass is 9.96. The quantitative estimate of drug-likeness (QED) is 0.487. The van der Waals surface area contributed by atoms with Crippen molar-refractivity contribution in [2.75, 3.05) is 12.1 Å². The van der Waals surface area contributed by atoms with Crippen molar-refractivity contribution >= 4 is 17.6 Å². The van der Waals surface area contributed by atoms with E-state index in [0.29, 0.717) is 22.6 Å². The van der Waals surface area contributed by atoms with Crippen molar-refractivity contribution in [3.05, 3.63) is 70.9 Å². The smallest absolute Gasteiger partial charge is 0.410 e. The maximum atomic E-state index is 13.9. The number of rotatable bonds is 3. The molecule has 0 radical (unpaired) electrons. The van der Waals surface area contributed by atoms with Crippen molar-refractivity contribution < 1.29 is 32.2 Å². The molecule has 2 atom stereocenters. The van der Waals surface area contributed by atoms with E-state index in [1.165, 1.54) is 6.07 Å². The molecule has 0 bridgehead atoms. The van der Waals surface area contributed by atoms with Crippen LogP contribution in [0.2, 0.25) is 0 Å². The summed E-state index contributed by atoms with van der Waals surface area (Å²) in [5.41, 5.74) is 6.00. The number of nitrogens with one attached hydrogen (secondary N) is 3. The molecule has 0 saturated heterocycles. The zero-order valence-electron chi connectivity index (χ0n) is 18.3. The number of alkyl halides is 3. The number of ether oxygens (including phenoxy) is 2. The molecular weight excluding hydrogens is 467 g/mol. The molecule has 0 spiro atoms. The van der Waals surface area contributed by atoms with E-state index in [1.54, 1.807) is 42.5 Å². The predicted octanol–water partition coefficient (Wildman–Crippen LogP) is 3.66. The summed E-state index contributed by atoms with van der Waals surface area (Å²) in [6.07, 6.45) is -4.95. The first-order valence-electron chi connectivity index (χ1n) is 10.7. The van der Waals surface area contributed by atoms with Crippen molar-refractivity contribution in [2.45, 2.75) is 31.6 Å². The highest BCUT2D eigenvalue weighted by Gasteiger charge is 2.47. The Morgan fingerprint density at radius 1 is 1.03 bits per heavy atom. The minimum absolute atomic E-state index is 0.0243. The van der Waals surface area contributed by atoms with Crippen LogP contribution in [0.4, 0.5) is 19.0 Å². The van der Waals surface area contributed by atoms with Crippen molar-refractivity contribution in [3.8, 4) is 11.5 Å². The number of fused-ring (bicyclic) bond motifs is 2. The average Bonchev–Trinajstić information content (AvgIpc) is 3.47. The minimum Gasteiger partial charge on any atom is -0.454 e. The Morgan fingerprint density at radius 2 is 1.74 bits per heavy atom. The Bertz CT molecular complexity index is 1290. The lowest BCUT2D eigenvalue weighted by molar-refractivity contribution is -0.173. The van der Waals surface area contributed by atoms with Crippen LogP contribution in [-0.4, -0.2) is 34.6 Å². The van der Waals surface area contributed by atoms with Gasteiger partial charge in [0.2, 0.25) is 6.79 Å². The van der Waals surface area contributed by atoms with E-state index in [2.05, 4.69) is 21.3 Å². The van der Waals surface area contributed by atoms with E-state index in [0.717, 1.165) is 10.2 Å². The third kappa shape index (κ3) is 4.46. The standard InChI is InChI=1S/C23H20F3N5O4/c1-12-2-4-13(5-3-12)21(32)28-29-22(33)16-10-20-27-15(9-19(23(24,25)26)31(20)30-16)14-6-7-17-18(8-14)35-11-34-17/h2-8,10,15,19,27H,9,11H2,1H3,(H,28,32)(H,29,33)/t15-,19+/m0/s1. The van der Waals surface area contributed by atoms with Gasteiger partial charge in [-0.1, -0.05) is 23.8 Å². The van der Waals surface area contributed by atoms with Crippen molar-refractivity contribution in [3.63, 3.8) is 0 Å². The lowest BCUT2D eigenvalue weighted by Gasteiger charge is -2.33. The first-order chi connectivity index (χ1) is 16.7. The Kier molecular flexibility index (Phi) is 5.50. The number of benzene rings is 2. The molecule has 0 unspecified atom stereocenters. The summed E-state index contributed by atoms with van der Waals surface area (Å²) in [6.45, 7) is 1.91. The van der Waals surface area contributed by atoms with Gasteiger partial charge in [-0.05, 0) is 36.8 Å². The summed E-state index contributed by atoms with van der Waals surface area (Å²) < 4.78 is 53.1. The van der Waals surface area contributed by atoms with Gasteiger partial charge in [0.05, 0.1) is 6.04 Å². The van der Waals surface area contributed by atoms with Crippen LogP contribution in [0.5, 0.6) is 11.5 Å². The highest BCUT2D eigenvalue weighted by atomic mass is 19.4. The van der Waals surface area contributed by atoms with Crippen LogP contribution in [0.1, 0.15) is 50.5 Å². The number of carbonyl (C=O) groups excluding carboxylic acids is 2. The Hall–Kier alpha value is -4.22. The summed E-state index contributed by atoms with van der Waals surface area (Å²) in [5, 5.41) is 6.89. The maximum absolute atomic E-state index is 13.9. The van der Waals surface area contributed by atoms with E-state index in [9.17, 15) is 22.8 Å². The maximum Gasteiger partial charge on any atom is 0.410 e. The second-order valence-corrected chi connectivity index (χ2v) is 8.24. The van der Waals surface area contributed by atoms with Gasteiger partial charge >= 0.3 is 6.18 Å². The van der Waals surface area contributed by atoms with E-state index in [-0.39, 0.29) is 24.7 Å². The zero-order chi connectivity index (χ0) is 24.7. The molecule has 182 valence electrons. The molecule has 2 amide bonds. The first kappa shape index (κ1) is 22.6. The van der Waals surface area contributed by atoms with Gasteiger partial charge in [-0.15, -0.1) is 0 Å². The summed E-state index contributed by atoms with van der Waals surface area (Å²) in [5.74, 6) is -0.424. The summed E-state index contributed by atoms with van der Waals surface area (Å²) in [4.78, 5) is 24.8. The van der Waals surface area contributed by atoms with Gasteiger partial charge in [0.25, 0.3) is 11.8 Å². The second-order valence-electron chi connectivity index (χ2n) is 8.24. The third-order valence-corrected chi connectivity index (χ3v) is 5.82. The summed E-state index contributed by atoms with van der Waals surface area (Å²) in [6, 6.07) is 10.1. The fourth-order valence-corrected chi connectivity index (χ4v) is 3.99. The van der Waals surface area contributed by atoms with Gasteiger partial charge in [-0.25, -0.2) is 4.68 Å². The number of hydrazine groups is 1. The number of halogens is 3. The average molecular weight is 487 g/mol. The van der Waals surface area contributed by atoms with Crippen molar-refractivity contribution in [1.82, 2.24) is 20.6 Å². The Morgan fingerprint density at radius 3 is 2.49 bits per heavy atom. The molecule has 3 aromatic rings. The normalized spacial score (nSPS) is 18.4. The van der Waals surface area contributed by atoms with E-state index in [4.69, 9.17) is 9.47 Å². The molecule has 5 rings (SSSR count). The first-order valence-corrected chi connectivity index (χ1v) is 10.7. The van der Waals surface area contributed by atoms with Crippen LogP contribution in [0, 0.1) is 6.92 Å². The van der Waals surface area contributed by atoms with Crippen molar-refractivity contribution in [1.29, 1.82) is 0 Å². The van der Waals surface area contributed by atoms with Crippen LogP contribution in [-0.2, 0) is 0 Å². The Balaban J connectivity index is 1.35. The van der Waals surface area contributed by atoms with Crippen LogP contribution < -0.4 is 25.6 Å². The molecule has 0 fully saturated rings. The number of amides is 2. The van der Waals surface area contributed by atoms with Gasteiger partial charge < -0.3 is 14.8 Å². The monoisotopic (exact) mass is 487 g/mol. The highest BCUT2D eigenvalue weighted by molar-refractivity contribution is 5.98. The number of hydrogen-bond donors (Lipinski definition) is 3. The molecular formula is C23H20F3N5O4. The van der Waals surface area contributed by atoms with E-state index >= 15 is 0 Å². The molecule has 9 nitrogen and oxygen atoms in total. The fourth-order valence-electron chi connectivity index (χ4n) is 3.99.